The minimum Gasteiger partial charge on any atom is -0.508 e. The summed E-state index contributed by atoms with van der Waals surface area (Å²) in [5, 5.41) is 10.1. The number of fused-ring (bicyclic) bond motifs is 1. The van der Waals surface area contributed by atoms with E-state index in [0.29, 0.717) is 35.7 Å². The first-order valence-corrected chi connectivity index (χ1v) is 8.07. The van der Waals surface area contributed by atoms with E-state index in [1.165, 1.54) is 5.56 Å². The van der Waals surface area contributed by atoms with Crippen molar-refractivity contribution in [2.45, 2.75) is 64.1 Å². The number of phenols is 1. The fourth-order valence-electron chi connectivity index (χ4n) is 3.92. The van der Waals surface area contributed by atoms with Gasteiger partial charge in [-0.2, -0.15) is 0 Å². The van der Waals surface area contributed by atoms with Crippen molar-refractivity contribution in [3.05, 3.63) is 28.8 Å². The Hall–Kier alpha value is -1.10. The lowest BCUT2D eigenvalue weighted by atomic mass is 9.76. The molecule has 0 bridgehead atoms. The van der Waals surface area contributed by atoms with E-state index in [4.69, 9.17) is 5.73 Å². The molecule has 4 heteroatoms. The number of phenolic OH excluding ortho intramolecular Hbond substituents is 1. The van der Waals surface area contributed by atoms with Crippen LogP contribution in [-0.4, -0.2) is 17.2 Å². The lowest BCUT2D eigenvalue weighted by molar-refractivity contribution is 0.278. The molecule has 1 aromatic carbocycles. The van der Waals surface area contributed by atoms with Crippen molar-refractivity contribution < 1.29 is 5.11 Å². The molecule has 1 aliphatic carbocycles. The molecule has 0 radical (unpaired) electrons. The standard InChI is InChI=1S/C17H27N3O/c1-9(2)12-8-13(10(3)6-16(12)21)17-14-7-11(18)4-5-15(14)19-20-17/h6,8-9,11,14-15,17,19-21H,4-5,7,18H2,1-3H3. The molecular weight excluding hydrogens is 262 g/mol. The van der Waals surface area contributed by atoms with Crippen molar-refractivity contribution in [3.63, 3.8) is 0 Å². The Morgan fingerprint density at radius 3 is 2.71 bits per heavy atom. The Balaban J connectivity index is 1.94. The minimum absolute atomic E-state index is 0.291. The van der Waals surface area contributed by atoms with Crippen LogP contribution in [0.25, 0.3) is 0 Å². The molecule has 4 atom stereocenters. The summed E-state index contributed by atoms with van der Waals surface area (Å²) in [7, 11) is 0. The van der Waals surface area contributed by atoms with Gasteiger partial charge in [0, 0.05) is 12.1 Å². The third kappa shape index (κ3) is 2.68. The van der Waals surface area contributed by atoms with Gasteiger partial charge in [0.2, 0.25) is 0 Å². The van der Waals surface area contributed by atoms with Gasteiger partial charge in [0.25, 0.3) is 0 Å². The molecule has 21 heavy (non-hydrogen) atoms. The van der Waals surface area contributed by atoms with Gasteiger partial charge < -0.3 is 10.8 Å². The highest BCUT2D eigenvalue weighted by molar-refractivity contribution is 5.44. The summed E-state index contributed by atoms with van der Waals surface area (Å²) >= 11 is 0. The second kappa shape index (κ2) is 5.59. The molecule has 0 spiro atoms. The molecule has 116 valence electrons. The largest absolute Gasteiger partial charge is 0.508 e. The average Bonchev–Trinajstić information content (AvgIpc) is 2.81. The van der Waals surface area contributed by atoms with Crippen molar-refractivity contribution in [1.29, 1.82) is 0 Å². The first-order valence-electron chi connectivity index (χ1n) is 8.07. The average molecular weight is 289 g/mol. The van der Waals surface area contributed by atoms with Gasteiger partial charge in [-0.1, -0.05) is 13.8 Å². The highest BCUT2D eigenvalue weighted by atomic mass is 16.3. The molecule has 0 aromatic heterocycles. The van der Waals surface area contributed by atoms with Gasteiger partial charge in [-0.15, -0.1) is 0 Å². The molecule has 5 N–H and O–H groups in total. The Morgan fingerprint density at radius 1 is 1.24 bits per heavy atom. The number of hydrogen-bond acceptors (Lipinski definition) is 4. The molecule has 1 saturated carbocycles. The van der Waals surface area contributed by atoms with Gasteiger partial charge >= 0.3 is 0 Å². The van der Waals surface area contributed by atoms with Crippen LogP contribution in [-0.2, 0) is 0 Å². The molecule has 0 amide bonds. The molecule has 2 aliphatic rings. The molecule has 1 aliphatic heterocycles. The van der Waals surface area contributed by atoms with Crippen LogP contribution in [0.15, 0.2) is 12.1 Å². The Bertz CT molecular complexity index is 529. The van der Waals surface area contributed by atoms with Crippen LogP contribution in [0.2, 0.25) is 0 Å². The molecular formula is C17H27N3O. The van der Waals surface area contributed by atoms with E-state index in [1.54, 1.807) is 0 Å². The van der Waals surface area contributed by atoms with E-state index < -0.39 is 0 Å². The number of aryl methyl sites for hydroxylation is 1. The van der Waals surface area contributed by atoms with Gasteiger partial charge in [-0.05, 0) is 66.8 Å². The number of rotatable bonds is 2. The van der Waals surface area contributed by atoms with Gasteiger partial charge in [0.05, 0.1) is 6.04 Å². The van der Waals surface area contributed by atoms with Gasteiger partial charge in [0.15, 0.2) is 0 Å². The second-order valence-corrected chi connectivity index (χ2v) is 7.03. The maximum absolute atomic E-state index is 10.1. The number of benzene rings is 1. The topological polar surface area (TPSA) is 70.3 Å². The molecule has 1 saturated heterocycles. The summed E-state index contributed by atoms with van der Waals surface area (Å²) in [4.78, 5) is 0. The summed E-state index contributed by atoms with van der Waals surface area (Å²) in [6, 6.07) is 5.21. The highest BCUT2D eigenvalue weighted by Gasteiger charge is 2.40. The van der Waals surface area contributed by atoms with Crippen LogP contribution >= 0.6 is 0 Å². The smallest absolute Gasteiger partial charge is 0.119 e. The monoisotopic (exact) mass is 289 g/mol. The summed E-state index contributed by atoms with van der Waals surface area (Å²) in [5.41, 5.74) is 16.6. The molecule has 1 aromatic rings. The fourth-order valence-corrected chi connectivity index (χ4v) is 3.92. The summed E-state index contributed by atoms with van der Waals surface area (Å²) < 4.78 is 0. The molecule has 2 fully saturated rings. The Kier molecular flexibility index (Phi) is 3.95. The maximum atomic E-state index is 10.1. The highest BCUT2D eigenvalue weighted by Crippen LogP contribution is 2.40. The van der Waals surface area contributed by atoms with Crippen LogP contribution in [0.4, 0.5) is 0 Å². The summed E-state index contributed by atoms with van der Waals surface area (Å²) in [5.74, 6) is 1.27. The van der Waals surface area contributed by atoms with Crippen LogP contribution in [0, 0.1) is 12.8 Å². The summed E-state index contributed by atoms with van der Waals surface area (Å²) in [6.45, 7) is 6.32. The number of hydrogen-bond donors (Lipinski definition) is 4. The van der Waals surface area contributed by atoms with E-state index >= 15 is 0 Å². The van der Waals surface area contributed by atoms with Gasteiger partial charge in [-0.3, -0.25) is 5.43 Å². The van der Waals surface area contributed by atoms with Crippen LogP contribution in [0.1, 0.15) is 61.8 Å². The van der Waals surface area contributed by atoms with Crippen LogP contribution in [0.5, 0.6) is 5.75 Å². The zero-order chi connectivity index (χ0) is 15.1. The van der Waals surface area contributed by atoms with E-state index in [2.05, 4.69) is 37.7 Å². The van der Waals surface area contributed by atoms with E-state index in [1.807, 2.05) is 6.07 Å². The molecule has 4 nitrogen and oxygen atoms in total. The Labute approximate surface area is 127 Å². The lowest BCUT2D eigenvalue weighted by Crippen LogP contribution is -2.39. The predicted molar refractivity (Wildman–Crippen MR) is 85.0 cm³/mol. The zero-order valence-corrected chi connectivity index (χ0v) is 13.2. The van der Waals surface area contributed by atoms with Crippen LogP contribution in [0.3, 0.4) is 0 Å². The van der Waals surface area contributed by atoms with E-state index in [0.717, 1.165) is 30.4 Å². The molecule has 1 heterocycles. The third-order valence-corrected chi connectivity index (χ3v) is 5.16. The van der Waals surface area contributed by atoms with E-state index in [9.17, 15) is 5.11 Å². The SMILES string of the molecule is Cc1cc(O)c(C(C)C)cc1C1NNC2CCC(N)CC21. The zero-order valence-electron chi connectivity index (χ0n) is 13.2. The van der Waals surface area contributed by atoms with Crippen molar-refractivity contribution in [1.82, 2.24) is 10.9 Å². The number of aromatic hydroxyl groups is 1. The van der Waals surface area contributed by atoms with Crippen molar-refractivity contribution in [2.24, 2.45) is 11.7 Å². The van der Waals surface area contributed by atoms with Crippen molar-refractivity contribution in [2.75, 3.05) is 0 Å². The quantitative estimate of drug-likeness (QED) is 0.675. The third-order valence-electron chi connectivity index (χ3n) is 5.16. The van der Waals surface area contributed by atoms with E-state index in [-0.39, 0.29) is 0 Å². The summed E-state index contributed by atoms with van der Waals surface area (Å²) in [6.07, 6.45) is 3.31. The lowest BCUT2D eigenvalue weighted by Gasteiger charge is -2.32. The van der Waals surface area contributed by atoms with Crippen molar-refractivity contribution in [3.8, 4) is 5.75 Å². The van der Waals surface area contributed by atoms with Crippen LogP contribution < -0.4 is 16.6 Å². The second-order valence-electron chi connectivity index (χ2n) is 7.03. The van der Waals surface area contributed by atoms with Gasteiger partial charge in [-0.25, -0.2) is 5.43 Å². The maximum Gasteiger partial charge on any atom is 0.119 e. The Morgan fingerprint density at radius 2 is 2.00 bits per heavy atom. The molecule has 4 unspecified atom stereocenters. The number of hydrazine groups is 1. The first kappa shape index (κ1) is 14.8. The normalized spacial score (nSPS) is 32.4. The minimum atomic E-state index is 0.291. The fraction of sp³-hybridized carbons (Fsp3) is 0.647. The number of nitrogens with one attached hydrogen (secondary N) is 2. The first-order chi connectivity index (χ1) is 9.97. The van der Waals surface area contributed by atoms with Crippen molar-refractivity contribution >= 4 is 0 Å². The van der Waals surface area contributed by atoms with Gasteiger partial charge in [0.1, 0.15) is 5.75 Å². The molecule has 3 rings (SSSR count). The predicted octanol–water partition coefficient (Wildman–Crippen LogP) is 2.47. The number of nitrogens with two attached hydrogens (primary N) is 1.